The maximum Gasteiger partial charge on any atom is 0.269 e. The fraction of sp³-hybridized carbons (Fsp3) is 0.480. The van der Waals surface area contributed by atoms with Crippen molar-refractivity contribution in [1.82, 2.24) is 14.7 Å². The molecule has 0 fully saturated rings. The van der Waals surface area contributed by atoms with Crippen molar-refractivity contribution in [3.63, 3.8) is 0 Å². The number of fused-ring (bicyclic) bond motifs is 1. The fourth-order valence-electron chi connectivity index (χ4n) is 3.30. The van der Waals surface area contributed by atoms with Gasteiger partial charge in [0, 0.05) is 11.7 Å². The molecule has 0 aromatic carbocycles. The minimum Gasteiger partial charge on any atom is -0.486 e. The molecule has 0 aliphatic carbocycles. The van der Waals surface area contributed by atoms with Crippen LogP contribution < -0.4 is 15.8 Å². The number of hydrogen-bond acceptors (Lipinski definition) is 6. The number of nitrogens with two attached hydrogens (primary N) is 1. The van der Waals surface area contributed by atoms with E-state index in [1.54, 1.807) is 35.1 Å². The molecule has 8 nitrogen and oxygen atoms in total. The number of amides is 2. The summed E-state index contributed by atoms with van der Waals surface area (Å²) in [5.41, 5.74) is 6.40. The van der Waals surface area contributed by atoms with E-state index < -0.39 is 25.7 Å². The molecule has 0 saturated heterocycles. The van der Waals surface area contributed by atoms with Crippen LogP contribution in [-0.4, -0.2) is 41.7 Å². The van der Waals surface area contributed by atoms with Gasteiger partial charge >= 0.3 is 0 Å². The molecular weight excluding hydrogens is 480 g/mol. The Morgan fingerprint density at radius 1 is 1.20 bits per heavy atom. The normalized spacial score (nSPS) is 14.1. The van der Waals surface area contributed by atoms with Crippen LogP contribution in [0.3, 0.4) is 0 Å². The summed E-state index contributed by atoms with van der Waals surface area (Å²) in [5, 5.41) is 3.78. The van der Waals surface area contributed by atoms with Gasteiger partial charge in [0.1, 0.15) is 23.6 Å². The van der Waals surface area contributed by atoms with E-state index in [9.17, 15) is 9.59 Å². The lowest BCUT2D eigenvalue weighted by atomic mass is 10.0. The zero-order chi connectivity index (χ0) is 26.2. The molecule has 3 rings (SSSR count). The van der Waals surface area contributed by atoms with Crippen molar-refractivity contribution < 1.29 is 18.8 Å². The smallest absolute Gasteiger partial charge is 0.269 e. The molecule has 3 N–H and O–H groups in total. The van der Waals surface area contributed by atoms with Gasteiger partial charge in [-0.15, -0.1) is 11.3 Å². The molecule has 3 aromatic rings. The molecule has 1 unspecified atom stereocenters. The fourth-order valence-corrected chi connectivity index (χ4v) is 5.09. The first-order chi connectivity index (χ1) is 16.1. The van der Waals surface area contributed by atoms with Crippen molar-refractivity contribution in [3.8, 4) is 5.75 Å². The van der Waals surface area contributed by atoms with Crippen LogP contribution in [0.4, 0.5) is 0 Å². The van der Waals surface area contributed by atoms with E-state index in [0.29, 0.717) is 18.1 Å². The Morgan fingerprint density at radius 2 is 1.89 bits per heavy atom. The summed E-state index contributed by atoms with van der Waals surface area (Å²) >= 11 is 1.58. The Hall–Kier alpha value is -2.69. The van der Waals surface area contributed by atoms with Gasteiger partial charge in [-0.2, -0.15) is 0 Å². The Bertz CT molecular complexity index is 1240. The number of aryl methyl sites for hydroxylation is 2. The van der Waals surface area contributed by atoms with Crippen LogP contribution >= 0.6 is 11.3 Å². The lowest BCUT2D eigenvalue weighted by Crippen LogP contribution is -2.60. The van der Waals surface area contributed by atoms with Crippen molar-refractivity contribution in [1.29, 1.82) is 0 Å². The highest BCUT2D eigenvalue weighted by Gasteiger charge is 2.42. The number of pyridine rings is 1. The molecule has 190 valence electrons. The number of primary amides is 1. The Labute approximate surface area is 212 Å². The van der Waals surface area contributed by atoms with E-state index in [1.165, 1.54) is 0 Å². The third-order valence-electron chi connectivity index (χ3n) is 6.66. The second-order valence-electron chi connectivity index (χ2n) is 10.7. The van der Waals surface area contributed by atoms with Crippen LogP contribution in [-0.2, 0) is 15.8 Å². The molecule has 3 aromatic heterocycles. The van der Waals surface area contributed by atoms with Gasteiger partial charge in [0.15, 0.2) is 8.32 Å². The Balaban J connectivity index is 1.84. The van der Waals surface area contributed by atoms with Crippen molar-refractivity contribution in [3.05, 3.63) is 51.7 Å². The van der Waals surface area contributed by atoms with Crippen LogP contribution in [0.1, 0.15) is 53.6 Å². The number of carbonyl (C=O) groups is 2. The maximum atomic E-state index is 13.4. The van der Waals surface area contributed by atoms with Gasteiger partial charge < -0.3 is 24.6 Å². The average molecular weight is 517 g/mol. The van der Waals surface area contributed by atoms with E-state index >= 15 is 0 Å². The number of nitrogens with zero attached hydrogens (tertiary/aromatic N) is 2. The van der Waals surface area contributed by atoms with Crippen molar-refractivity contribution in [2.45, 2.75) is 71.8 Å². The molecule has 10 heteroatoms. The zero-order valence-corrected chi connectivity index (χ0v) is 23.6. The minimum absolute atomic E-state index is 0.00947. The highest BCUT2D eigenvalue weighted by atomic mass is 32.1. The van der Waals surface area contributed by atoms with Gasteiger partial charge in [0.05, 0.1) is 22.7 Å². The molecule has 0 spiro atoms. The molecule has 35 heavy (non-hydrogen) atoms. The van der Waals surface area contributed by atoms with Gasteiger partial charge in [-0.25, -0.2) is 4.98 Å². The first-order valence-corrected chi connectivity index (χ1v) is 15.3. The van der Waals surface area contributed by atoms with Crippen molar-refractivity contribution in [2.24, 2.45) is 5.73 Å². The van der Waals surface area contributed by atoms with Gasteiger partial charge in [-0.05, 0) is 62.7 Å². The monoisotopic (exact) mass is 516 g/mol. The summed E-state index contributed by atoms with van der Waals surface area (Å²) in [4.78, 5) is 31.1. The molecule has 0 aliphatic rings. The van der Waals surface area contributed by atoms with Crippen LogP contribution in [0.15, 0.2) is 30.6 Å². The second kappa shape index (κ2) is 9.75. The van der Waals surface area contributed by atoms with Gasteiger partial charge in [-0.1, -0.05) is 20.8 Å². The van der Waals surface area contributed by atoms with Gasteiger partial charge in [0.25, 0.3) is 5.91 Å². The van der Waals surface area contributed by atoms with Crippen LogP contribution in [0.5, 0.6) is 5.75 Å². The van der Waals surface area contributed by atoms with Crippen molar-refractivity contribution in [2.75, 3.05) is 6.61 Å². The van der Waals surface area contributed by atoms with E-state index in [4.69, 9.17) is 14.9 Å². The zero-order valence-electron chi connectivity index (χ0n) is 21.8. The van der Waals surface area contributed by atoms with Gasteiger partial charge in [0.2, 0.25) is 5.91 Å². The van der Waals surface area contributed by atoms with Crippen LogP contribution in [0.25, 0.3) is 5.52 Å². The SMILES string of the molecule is Cc1ncc(COc2ccc3cc(C)c(C(=O)NC(C)(CO[Si](C)(C)C(C)(C)C)C(N)=O)n3c2)s1. The Morgan fingerprint density at radius 3 is 2.46 bits per heavy atom. The van der Waals surface area contributed by atoms with Crippen molar-refractivity contribution >= 4 is 37.0 Å². The minimum atomic E-state index is -2.16. The number of thiazole rings is 1. The Kier molecular flexibility index (Phi) is 7.49. The third kappa shape index (κ3) is 5.94. The third-order valence-corrected chi connectivity index (χ3v) is 12.0. The largest absolute Gasteiger partial charge is 0.486 e. The second-order valence-corrected chi connectivity index (χ2v) is 16.8. The predicted molar refractivity (Wildman–Crippen MR) is 142 cm³/mol. The van der Waals surface area contributed by atoms with Crippen LogP contribution in [0.2, 0.25) is 18.1 Å². The molecular formula is C25H36N4O4SSi. The first kappa shape index (κ1) is 26.9. The summed E-state index contributed by atoms with van der Waals surface area (Å²) in [6.07, 6.45) is 3.58. The summed E-state index contributed by atoms with van der Waals surface area (Å²) in [6.45, 7) is 16.4. The summed E-state index contributed by atoms with van der Waals surface area (Å²) in [7, 11) is -2.16. The molecule has 0 aliphatic heterocycles. The average Bonchev–Trinajstić information content (AvgIpc) is 3.31. The van der Waals surface area contributed by atoms with E-state index in [2.05, 4.69) is 44.2 Å². The first-order valence-electron chi connectivity index (χ1n) is 11.6. The molecule has 1 atom stereocenters. The quantitative estimate of drug-likeness (QED) is 0.405. The molecule has 3 heterocycles. The lowest BCUT2D eigenvalue weighted by molar-refractivity contribution is -0.124. The number of nitrogens with one attached hydrogen (secondary N) is 1. The predicted octanol–water partition coefficient (Wildman–Crippen LogP) is 4.59. The number of aromatic nitrogens is 2. The highest BCUT2D eigenvalue weighted by molar-refractivity contribution is 7.11. The number of hydrogen-bond donors (Lipinski definition) is 2. The number of rotatable bonds is 9. The molecule has 0 radical (unpaired) electrons. The highest BCUT2D eigenvalue weighted by Crippen LogP contribution is 2.37. The lowest BCUT2D eigenvalue weighted by Gasteiger charge is -2.39. The van der Waals surface area contributed by atoms with E-state index in [-0.39, 0.29) is 11.6 Å². The summed E-state index contributed by atoms with van der Waals surface area (Å²) < 4.78 is 13.9. The summed E-state index contributed by atoms with van der Waals surface area (Å²) in [6, 6.07) is 5.68. The summed E-state index contributed by atoms with van der Waals surface area (Å²) in [5.74, 6) is -0.433. The van der Waals surface area contributed by atoms with E-state index in [1.807, 2.05) is 32.0 Å². The standard InChI is InChI=1S/C25H36N4O4SSi/c1-16-11-18-9-10-19(32-14-20-12-27-17(2)34-20)13-29(18)21(16)22(30)28-25(6,23(26)31)15-33-35(7,8)24(3,4)5/h9-13H,14-15H2,1-8H3,(H2,26,31)(H,28,30). The van der Waals surface area contributed by atoms with Crippen LogP contribution in [0, 0.1) is 13.8 Å². The maximum absolute atomic E-state index is 13.4. The van der Waals surface area contributed by atoms with Gasteiger partial charge in [-0.3, -0.25) is 9.59 Å². The topological polar surface area (TPSA) is 108 Å². The number of carbonyl (C=O) groups excluding carboxylic acids is 2. The molecule has 0 bridgehead atoms. The van der Waals surface area contributed by atoms with E-state index in [0.717, 1.165) is 21.0 Å². The number of ether oxygens (including phenoxy) is 1. The molecule has 0 saturated carbocycles. The molecule has 2 amide bonds.